The lowest BCUT2D eigenvalue weighted by Gasteiger charge is -2.28. The van der Waals surface area contributed by atoms with E-state index in [0.717, 1.165) is 24.3 Å². The first-order valence-electron chi connectivity index (χ1n) is 6.42. The Kier molecular flexibility index (Phi) is 5.04. The number of hydrogen-bond acceptors (Lipinski definition) is 2. The quantitative estimate of drug-likeness (QED) is 0.539. The van der Waals surface area contributed by atoms with Crippen LogP contribution in [0.5, 0.6) is 0 Å². The van der Waals surface area contributed by atoms with Crippen LogP contribution in [0.1, 0.15) is 53.4 Å². The Bertz CT molecular complexity index is 276. The zero-order valence-corrected chi connectivity index (χ0v) is 11.0. The molecule has 1 aliphatic carbocycles. The van der Waals surface area contributed by atoms with Crippen molar-refractivity contribution in [2.45, 2.75) is 53.4 Å². The van der Waals surface area contributed by atoms with Crippen LogP contribution in [0.3, 0.4) is 0 Å². The molecule has 1 unspecified atom stereocenters. The second-order valence-corrected chi connectivity index (χ2v) is 5.05. The van der Waals surface area contributed by atoms with Crippen molar-refractivity contribution in [2.24, 2.45) is 11.8 Å². The van der Waals surface area contributed by atoms with Gasteiger partial charge in [-0.1, -0.05) is 19.4 Å². The molecule has 0 amide bonds. The topological polar surface area (TPSA) is 26.3 Å². The Morgan fingerprint density at radius 3 is 2.75 bits per heavy atom. The minimum Gasteiger partial charge on any atom is -0.463 e. The SMILES string of the molecule is CCOC(=O)C(C)=C1CCCC(C(C)C)C1. The maximum absolute atomic E-state index is 11.6. The molecule has 0 heterocycles. The Labute approximate surface area is 99.1 Å². The Hall–Kier alpha value is -0.790. The molecule has 0 radical (unpaired) electrons. The minimum absolute atomic E-state index is 0.123. The molecule has 0 saturated heterocycles. The summed E-state index contributed by atoms with van der Waals surface area (Å²) in [6.07, 6.45) is 4.68. The molecule has 1 atom stereocenters. The van der Waals surface area contributed by atoms with Crippen molar-refractivity contribution in [1.82, 2.24) is 0 Å². The van der Waals surface area contributed by atoms with E-state index < -0.39 is 0 Å². The summed E-state index contributed by atoms with van der Waals surface area (Å²) in [6.45, 7) is 8.78. The lowest BCUT2D eigenvalue weighted by Crippen LogP contribution is -2.17. The van der Waals surface area contributed by atoms with Gasteiger partial charge in [0.1, 0.15) is 0 Å². The van der Waals surface area contributed by atoms with Gasteiger partial charge in [0.05, 0.1) is 6.61 Å². The van der Waals surface area contributed by atoms with Gasteiger partial charge in [0.15, 0.2) is 0 Å². The summed E-state index contributed by atoms with van der Waals surface area (Å²) in [7, 11) is 0. The summed E-state index contributed by atoms with van der Waals surface area (Å²) in [5.41, 5.74) is 2.18. The average Bonchev–Trinajstić information content (AvgIpc) is 2.28. The van der Waals surface area contributed by atoms with Gasteiger partial charge in [0.2, 0.25) is 0 Å². The number of allylic oxidation sites excluding steroid dienone is 1. The normalized spacial score (nSPS) is 24.4. The molecule has 1 saturated carbocycles. The van der Waals surface area contributed by atoms with E-state index in [9.17, 15) is 4.79 Å². The Morgan fingerprint density at radius 2 is 2.19 bits per heavy atom. The minimum atomic E-state index is -0.123. The third-order valence-electron chi connectivity index (χ3n) is 3.62. The summed E-state index contributed by atoms with van der Waals surface area (Å²) in [5, 5.41) is 0. The fraction of sp³-hybridized carbons (Fsp3) is 0.786. The van der Waals surface area contributed by atoms with E-state index in [4.69, 9.17) is 4.74 Å². The van der Waals surface area contributed by atoms with Crippen LogP contribution >= 0.6 is 0 Å². The lowest BCUT2D eigenvalue weighted by molar-refractivity contribution is -0.138. The van der Waals surface area contributed by atoms with Gasteiger partial charge < -0.3 is 4.74 Å². The van der Waals surface area contributed by atoms with Gasteiger partial charge in [-0.3, -0.25) is 0 Å². The molecule has 0 spiro atoms. The fourth-order valence-corrected chi connectivity index (χ4v) is 2.39. The van der Waals surface area contributed by atoms with E-state index in [2.05, 4.69) is 13.8 Å². The summed E-state index contributed by atoms with van der Waals surface area (Å²) < 4.78 is 5.06. The van der Waals surface area contributed by atoms with E-state index >= 15 is 0 Å². The van der Waals surface area contributed by atoms with Crippen LogP contribution in [0.4, 0.5) is 0 Å². The molecule has 1 fully saturated rings. The molecule has 92 valence electrons. The summed E-state index contributed by atoms with van der Waals surface area (Å²) >= 11 is 0. The van der Waals surface area contributed by atoms with Crippen LogP contribution in [0, 0.1) is 11.8 Å². The average molecular weight is 224 g/mol. The molecule has 1 rings (SSSR count). The summed E-state index contributed by atoms with van der Waals surface area (Å²) in [4.78, 5) is 11.6. The number of esters is 1. The molecule has 2 nitrogen and oxygen atoms in total. The monoisotopic (exact) mass is 224 g/mol. The van der Waals surface area contributed by atoms with Crippen molar-refractivity contribution < 1.29 is 9.53 Å². The van der Waals surface area contributed by atoms with Gasteiger partial charge in [0.25, 0.3) is 0 Å². The van der Waals surface area contributed by atoms with Crippen molar-refractivity contribution in [2.75, 3.05) is 6.61 Å². The van der Waals surface area contributed by atoms with Crippen LogP contribution in [0.25, 0.3) is 0 Å². The number of rotatable bonds is 3. The second-order valence-electron chi connectivity index (χ2n) is 5.05. The first-order valence-corrected chi connectivity index (χ1v) is 6.42. The van der Waals surface area contributed by atoms with Gasteiger partial charge in [0, 0.05) is 5.57 Å². The van der Waals surface area contributed by atoms with E-state index in [-0.39, 0.29) is 5.97 Å². The molecule has 2 heteroatoms. The van der Waals surface area contributed by atoms with Crippen LogP contribution in [0.2, 0.25) is 0 Å². The fourth-order valence-electron chi connectivity index (χ4n) is 2.39. The van der Waals surface area contributed by atoms with Crippen LogP contribution in [-0.2, 0) is 9.53 Å². The Balaban J connectivity index is 2.70. The summed E-state index contributed by atoms with van der Waals surface area (Å²) in [5.74, 6) is 1.33. The van der Waals surface area contributed by atoms with Gasteiger partial charge in [-0.25, -0.2) is 4.79 Å². The first kappa shape index (κ1) is 13.3. The number of ether oxygens (including phenoxy) is 1. The molecule has 1 aliphatic rings. The van der Waals surface area contributed by atoms with Crippen molar-refractivity contribution in [3.05, 3.63) is 11.1 Å². The van der Waals surface area contributed by atoms with Gasteiger partial charge >= 0.3 is 5.97 Å². The highest BCUT2D eigenvalue weighted by Gasteiger charge is 2.23. The molecule has 16 heavy (non-hydrogen) atoms. The molecule has 0 N–H and O–H groups in total. The third-order valence-corrected chi connectivity index (χ3v) is 3.62. The van der Waals surface area contributed by atoms with Crippen molar-refractivity contribution in [3.63, 3.8) is 0 Å². The predicted molar refractivity (Wildman–Crippen MR) is 66.1 cm³/mol. The zero-order chi connectivity index (χ0) is 12.1. The second kappa shape index (κ2) is 6.07. The van der Waals surface area contributed by atoms with Gasteiger partial charge in [-0.15, -0.1) is 0 Å². The molecule has 0 aliphatic heterocycles. The first-order chi connectivity index (χ1) is 7.56. The van der Waals surface area contributed by atoms with E-state index in [0.29, 0.717) is 12.5 Å². The maximum atomic E-state index is 11.6. The van der Waals surface area contributed by atoms with Gasteiger partial charge in [-0.05, 0) is 51.4 Å². The van der Waals surface area contributed by atoms with E-state index in [1.165, 1.54) is 18.4 Å². The van der Waals surface area contributed by atoms with E-state index in [1.54, 1.807) is 0 Å². The number of carbonyl (C=O) groups excluding carboxylic acids is 1. The molecular formula is C14H24O2. The van der Waals surface area contributed by atoms with Crippen molar-refractivity contribution in [1.29, 1.82) is 0 Å². The Morgan fingerprint density at radius 1 is 1.50 bits per heavy atom. The van der Waals surface area contributed by atoms with Crippen molar-refractivity contribution >= 4 is 5.97 Å². The maximum Gasteiger partial charge on any atom is 0.333 e. The zero-order valence-electron chi connectivity index (χ0n) is 11.0. The van der Waals surface area contributed by atoms with Crippen molar-refractivity contribution in [3.8, 4) is 0 Å². The molecule has 0 bridgehead atoms. The number of hydrogen-bond donors (Lipinski definition) is 0. The van der Waals surface area contributed by atoms with Crippen LogP contribution in [-0.4, -0.2) is 12.6 Å². The standard InChI is InChI=1S/C14H24O2/c1-5-16-14(15)11(4)13-8-6-7-12(9-13)10(2)3/h10,12H,5-9H2,1-4H3. The molecule has 0 aromatic carbocycles. The lowest BCUT2D eigenvalue weighted by atomic mass is 9.78. The molecular weight excluding hydrogens is 200 g/mol. The highest BCUT2D eigenvalue weighted by Crippen LogP contribution is 2.34. The highest BCUT2D eigenvalue weighted by atomic mass is 16.5. The van der Waals surface area contributed by atoms with Crippen LogP contribution in [0.15, 0.2) is 11.1 Å². The highest BCUT2D eigenvalue weighted by molar-refractivity contribution is 5.88. The largest absolute Gasteiger partial charge is 0.463 e. The predicted octanol–water partition coefficient (Wildman–Crippen LogP) is 3.71. The number of carbonyl (C=O) groups is 1. The third kappa shape index (κ3) is 3.36. The van der Waals surface area contributed by atoms with Crippen LogP contribution < -0.4 is 0 Å². The molecule has 0 aromatic rings. The molecule has 0 aromatic heterocycles. The van der Waals surface area contributed by atoms with E-state index in [1.807, 2.05) is 13.8 Å². The smallest absolute Gasteiger partial charge is 0.333 e. The summed E-state index contributed by atoms with van der Waals surface area (Å²) in [6, 6.07) is 0. The van der Waals surface area contributed by atoms with Gasteiger partial charge in [-0.2, -0.15) is 0 Å².